The number of carbonyl (C=O) groups is 1. The third-order valence-corrected chi connectivity index (χ3v) is 8.29. The van der Waals surface area contributed by atoms with Crippen LogP contribution in [0.2, 0.25) is 5.02 Å². The van der Waals surface area contributed by atoms with Crippen molar-refractivity contribution in [1.29, 1.82) is 5.26 Å². The average Bonchev–Trinajstić information content (AvgIpc) is 3.14. The minimum atomic E-state index is -0.966. The van der Waals surface area contributed by atoms with Gasteiger partial charge in [0.2, 0.25) is 5.91 Å². The van der Waals surface area contributed by atoms with E-state index in [1.807, 2.05) is 67.5 Å². The number of piperidine rings is 1. The second-order valence-electron chi connectivity index (χ2n) is 9.17. The first-order valence-electron chi connectivity index (χ1n) is 11.5. The summed E-state index contributed by atoms with van der Waals surface area (Å²) in [7, 11) is 3.98. The van der Waals surface area contributed by atoms with Crippen molar-refractivity contribution in [1.82, 2.24) is 10.2 Å². The molecule has 4 rings (SSSR count). The lowest BCUT2D eigenvalue weighted by Gasteiger charge is -2.30. The van der Waals surface area contributed by atoms with E-state index in [9.17, 15) is 10.1 Å². The van der Waals surface area contributed by atoms with Crippen LogP contribution in [0, 0.1) is 11.3 Å². The van der Waals surface area contributed by atoms with Crippen molar-refractivity contribution in [2.75, 3.05) is 44.4 Å². The SMILES string of the molecule is CN(C)c1ccc(C2(c3ccc(Cl)cc3)CC(C#N)(SCCN3CCCCC3)NC2=O)cc1. The standard InChI is InChI=1S/C26H31ClN4OS/c1-30(2)23-12-8-21(9-13-23)26(20-6-10-22(27)11-7-20)18-25(19-28,29-24(26)32)33-17-16-31-14-4-3-5-15-31/h6-13H,3-5,14-18H2,1-2H3,(H,29,32). The predicted molar refractivity (Wildman–Crippen MR) is 137 cm³/mol. The van der Waals surface area contributed by atoms with E-state index in [1.54, 1.807) is 11.8 Å². The molecule has 33 heavy (non-hydrogen) atoms. The number of halogens is 1. The van der Waals surface area contributed by atoms with Crippen LogP contribution in [0.1, 0.15) is 36.8 Å². The smallest absolute Gasteiger partial charge is 0.237 e. The van der Waals surface area contributed by atoms with Gasteiger partial charge in [-0.05, 0) is 61.3 Å². The maximum Gasteiger partial charge on any atom is 0.237 e. The molecule has 2 aromatic carbocycles. The zero-order valence-electron chi connectivity index (χ0n) is 19.3. The Morgan fingerprint density at radius 2 is 1.67 bits per heavy atom. The lowest BCUT2D eigenvalue weighted by molar-refractivity contribution is -0.122. The summed E-state index contributed by atoms with van der Waals surface area (Å²) in [4.78, 5) is 17.2. The third kappa shape index (κ3) is 4.87. The van der Waals surface area contributed by atoms with Crippen molar-refractivity contribution in [3.05, 3.63) is 64.7 Å². The lowest BCUT2D eigenvalue weighted by atomic mass is 9.72. The Balaban J connectivity index is 1.65. The highest BCUT2D eigenvalue weighted by Crippen LogP contribution is 2.48. The molecule has 0 aromatic heterocycles. The van der Waals surface area contributed by atoms with Crippen molar-refractivity contribution < 1.29 is 4.79 Å². The summed E-state index contributed by atoms with van der Waals surface area (Å²) >= 11 is 7.72. The van der Waals surface area contributed by atoms with Gasteiger partial charge in [0.25, 0.3) is 0 Å². The van der Waals surface area contributed by atoms with Crippen molar-refractivity contribution in [2.45, 2.75) is 36.0 Å². The Kier molecular flexibility index (Phi) is 7.23. The number of carbonyl (C=O) groups excluding carboxylic acids is 1. The van der Waals surface area contributed by atoms with Gasteiger partial charge in [-0.1, -0.05) is 42.3 Å². The highest BCUT2D eigenvalue weighted by molar-refractivity contribution is 8.00. The first kappa shape index (κ1) is 23.9. The first-order valence-corrected chi connectivity index (χ1v) is 12.9. The fourth-order valence-corrected chi connectivity index (χ4v) is 6.29. The summed E-state index contributed by atoms with van der Waals surface area (Å²) in [5.41, 5.74) is 1.87. The second kappa shape index (κ2) is 9.97. The van der Waals surface area contributed by atoms with Crippen molar-refractivity contribution >= 4 is 35.0 Å². The van der Waals surface area contributed by atoms with Gasteiger partial charge in [0.15, 0.2) is 4.87 Å². The number of nitriles is 1. The Morgan fingerprint density at radius 1 is 1.06 bits per heavy atom. The van der Waals surface area contributed by atoms with Crippen LogP contribution in [0.5, 0.6) is 0 Å². The van der Waals surface area contributed by atoms with E-state index >= 15 is 0 Å². The van der Waals surface area contributed by atoms with Gasteiger partial charge in [0.1, 0.15) is 11.5 Å². The monoisotopic (exact) mass is 482 g/mol. The van der Waals surface area contributed by atoms with Crippen LogP contribution in [-0.4, -0.2) is 55.2 Å². The maximum atomic E-state index is 13.7. The Labute approximate surface area is 206 Å². The summed E-state index contributed by atoms with van der Waals surface area (Å²) in [6, 6.07) is 18.0. The minimum Gasteiger partial charge on any atom is -0.378 e. The van der Waals surface area contributed by atoms with Gasteiger partial charge in [-0.25, -0.2) is 0 Å². The highest BCUT2D eigenvalue weighted by Gasteiger charge is 2.57. The summed E-state index contributed by atoms with van der Waals surface area (Å²) in [5.74, 6) is 0.679. The van der Waals surface area contributed by atoms with Gasteiger partial charge in [-0.15, -0.1) is 11.8 Å². The second-order valence-corrected chi connectivity index (χ2v) is 11.0. The molecule has 2 atom stereocenters. The summed E-state index contributed by atoms with van der Waals surface area (Å²) in [6.07, 6.45) is 4.17. The molecule has 0 bridgehead atoms. The molecule has 5 nitrogen and oxygen atoms in total. The van der Waals surface area contributed by atoms with E-state index < -0.39 is 10.3 Å². The fourth-order valence-electron chi connectivity index (χ4n) is 4.92. The molecule has 2 aliphatic rings. The van der Waals surface area contributed by atoms with E-state index in [-0.39, 0.29) is 5.91 Å². The number of anilines is 1. The van der Waals surface area contributed by atoms with Crippen molar-refractivity contribution in [3.63, 3.8) is 0 Å². The number of nitrogens with one attached hydrogen (secondary N) is 1. The zero-order valence-corrected chi connectivity index (χ0v) is 20.9. The Hall–Kier alpha value is -2.20. The summed E-state index contributed by atoms with van der Waals surface area (Å²) < 4.78 is 0. The number of rotatable bonds is 7. The predicted octanol–water partition coefficient (Wildman–Crippen LogP) is 4.65. The highest BCUT2D eigenvalue weighted by atomic mass is 35.5. The molecule has 1 amide bonds. The zero-order chi connectivity index (χ0) is 23.5. The quantitative estimate of drug-likeness (QED) is 0.622. The molecule has 2 unspecified atom stereocenters. The van der Waals surface area contributed by atoms with Gasteiger partial charge in [-0.2, -0.15) is 5.26 Å². The number of thioether (sulfide) groups is 1. The third-order valence-electron chi connectivity index (χ3n) is 6.82. The number of likely N-dealkylation sites (tertiary alicyclic amines) is 1. The molecule has 174 valence electrons. The minimum absolute atomic E-state index is 0.130. The molecule has 0 saturated carbocycles. The molecule has 2 aromatic rings. The van der Waals surface area contributed by atoms with Gasteiger partial charge >= 0.3 is 0 Å². The molecule has 0 spiro atoms. The Morgan fingerprint density at radius 3 is 2.24 bits per heavy atom. The van der Waals surface area contributed by atoms with Crippen LogP contribution in [0.3, 0.4) is 0 Å². The molecule has 2 fully saturated rings. The van der Waals surface area contributed by atoms with Crippen LogP contribution in [0.4, 0.5) is 5.69 Å². The largest absolute Gasteiger partial charge is 0.378 e. The number of hydrogen-bond acceptors (Lipinski definition) is 5. The molecule has 0 aliphatic carbocycles. The van der Waals surface area contributed by atoms with E-state index in [4.69, 9.17) is 11.6 Å². The average molecular weight is 483 g/mol. The van der Waals surface area contributed by atoms with E-state index in [2.05, 4.69) is 16.3 Å². The van der Waals surface area contributed by atoms with Gasteiger partial charge in [0, 0.05) is 43.5 Å². The van der Waals surface area contributed by atoms with Crippen LogP contribution in [0.15, 0.2) is 48.5 Å². The number of amides is 1. The molecule has 2 heterocycles. The van der Waals surface area contributed by atoms with Gasteiger partial charge in [0.05, 0.1) is 0 Å². The summed E-state index contributed by atoms with van der Waals surface area (Å²) in [5, 5.41) is 13.9. The number of nitrogens with zero attached hydrogens (tertiary/aromatic N) is 3. The molecule has 0 radical (unpaired) electrons. The first-order chi connectivity index (χ1) is 15.9. The molecule has 1 N–H and O–H groups in total. The van der Waals surface area contributed by atoms with Crippen molar-refractivity contribution in [3.8, 4) is 6.07 Å². The van der Waals surface area contributed by atoms with Gasteiger partial charge in [-0.3, -0.25) is 4.79 Å². The van der Waals surface area contributed by atoms with Gasteiger partial charge < -0.3 is 15.1 Å². The van der Waals surface area contributed by atoms with E-state index in [1.165, 1.54) is 19.3 Å². The maximum absolute atomic E-state index is 13.7. The molecular weight excluding hydrogens is 452 g/mol. The van der Waals surface area contributed by atoms with Crippen LogP contribution in [0.25, 0.3) is 0 Å². The van der Waals surface area contributed by atoms with Crippen LogP contribution < -0.4 is 10.2 Å². The summed E-state index contributed by atoms with van der Waals surface area (Å²) in [6.45, 7) is 3.19. The fraction of sp³-hybridized carbons (Fsp3) is 0.462. The van der Waals surface area contributed by atoms with Crippen molar-refractivity contribution in [2.24, 2.45) is 0 Å². The molecule has 2 saturated heterocycles. The normalized spacial score (nSPS) is 25.5. The molecule has 2 aliphatic heterocycles. The number of hydrogen-bond donors (Lipinski definition) is 1. The lowest BCUT2D eigenvalue weighted by Crippen LogP contribution is -2.39. The van der Waals surface area contributed by atoms with Crippen LogP contribution in [-0.2, 0) is 10.2 Å². The van der Waals surface area contributed by atoms with E-state index in [0.717, 1.165) is 42.2 Å². The van der Waals surface area contributed by atoms with Crippen LogP contribution >= 0.6 is 23.4 Å². The molecular formula is C26H31ClN4OS. The topological polar surface area (TPSA) is 59.4 Å². The number of benzene rings is 2. The molecule has 7 heteroatoms. The Bertz CT molecular complexity index is 1010. The van der Waals surface area contributed by atoms with E-state index in [0.29, 0.717) is 11.4 Å².